The van der Waals surface area contributed by atoms with Crippen molar-refractivity contribution in [1.29, 1.82) is 5.26 Å². The van der Waals surface area contributed by atoms with Crippen LogP contribution in [0.3, 0.4) is 0 Å². The van der Waals surface area contributed by atoms with Gasteiger partial charge in [0.2, 0.25) is 10.0 Å². The van der Waals surface area contributed by atoms with Gasteiger partial charge in [0.1, 0.15) is 0 Å². The van der Waals surface area contributed by atoms with E-state index in [4.69, 9.17) is 0 Å². The third-order valence-electron chi connectivity index (χ3n) is 3.20. The lowest BCUT2D eigenvalue weighted by Gasteiger charge is -2.18. The Morgan fingerprint density at radius 1 is 1.09 bits per heavy atom. The topological polar surface area (TPSA) is 70.0 Å². The van der Waals surface area contributed by atoms with Crippen LogP contribution < -0.4 is 4.72 Å². The molecule has 0 bridgehead atoms. The number of allylic oxidation sites excluding steroid dienone is 2. The molecule has 23 heavy (non-hydrogen) atoms. The molecule has 1 unspecified atom stereocenters. The van der Waals surface area contributed by atoms with E-state index < -0.39 is 16.1 Å². The molecular formula is C18H16N2O2S. The first-order valence-corrected chi connectivity index (χ1v) is 8.42. The molecule has 116 valence electrons. The average Bonchev–Trinajstić information content (AvgIpc) is 2.59. The van der Waals surface area contributed by atoms with Gasteiger partial charge in [-0.05, 0) is 23.8 Å². The minimum Gasteiger partial charge on any atom is -0.207 e. The molecule has 1 atom stereocenters. The van der Waals surface area contributed by atoms with Crippen LogP contribution in [0.25, 0.3) is 0 Å². The van der Waals surface area contributed by atoms with Gasteiger partial charge >= 0.3 is 0 Å². The van der Waals surface area contributed by atoms with Crippen LogP contribution in [0.2, 0.25) is 0 Å². The summed E-state index contributed by atoms with van der Waals surface area (Å²) in [6.45, 7) is 3.57. The van der Waals surface area contributed by atoms with Crippen LogP contribution in [0.1, 0.15) is 11.6 Å². The van der Waals surface area contributed by atoms with Crippen molar-refractivity contribution in [3.63, 3.8) is 0 Å². The molecule has 1 N–H and O–H groups in total. The fraction of sp³-hybridized carbons (Fsp3) is 0.0556. The lowest BCUT2D eigenvalue weighted by Crippen LogP contribution is -2.29. The molecule has 0 radical (unpaired) electrons. The van der Waals surface area contributed by atoms with Gasteiger partial charge in [-0.3, -0.25) is 0 Å². The van der Waals surface area contributed by atoms with E-state index in [0.29, 0.717) is 5.56 Å². The summed E-state index contributed by atoms with van der Waals surface area (Å²) in [4.78, 5) is 0.150. The first-order valence-electron chi connectivity index (χ1n) is 6.93. The fourth-order valence-electron chi connectivity index (χ4n) is 2.10. The molecule has 5 heteroatoms. The Balaban J connectivity index is 2.46. The van der Waals surface area contributed by atoms with Crippen molar-refractivity contribution < 1.29 is 8.42 Å². The van der Waals surface area contributed by atoms with E-state index in [0.717, 1.165) is 0 Å². The molecule has 2 rings (SSSR count). The van der Waals surface area contributed by atoms with Gasteiger partial charge in [0.05, 0.1) is 22.6 Å². The molecule has 0 aliphatic rings. The molecule has 0 fully saturated rings. The van der Waals surface area contributed by atoms with Gasteiger partial charge in [0, 0.05) is 0 Å². The van der Waals surface area contributed by atoms with E-state index in [2.05, 4.69) is 11.3 Å². The van der Waals surface area contributed by atoms with Gasteiger partial charge in [-0.15, -0.1) is 0 Å². The number of hydrogen-bond acceptors (Lipinski definition) is 3. The maximum atomic E-state index is 12.6. The van der Waals surface area contributed by atoms with Crippen LogP contribution in [0.15, 0.2) is 89.9 Å². The van der Waals surface area contributed by atoms with Gasteiger partial charge in [0.15, 0.2) is 0 Å². The Morgan fingerprint density at radius 2 is 1.65 bits per heavy atom. The van der Waals surface area contributed by atoms with Crippen molar-refractivity contribution in [1.82, 2.24) is 4.72 Å². The molecule has 0 aliphatic heterocycles. The van der Waals surface area contributed by atoms with Gasteiger partial charge in [-0.25, -0.2) is 8.42 Å². The maximum Gasteiger partial charge on any atom is 0.241 e. The summed E-state index contributed by atoms with van der Waals surface area (Å²) in [6, 6.07) is 18.3. The Labute approximate surface area is 136 Å². The van der Waals surface area contributed by atoms with Gasteiger partial charge in [0.25, 0.3) is 0 Å². The summed E-state index contributed by atoms with van der Waals surface area (Å²) in [5.74, 6) is 0. The maximum absolute atomic E-state index is 12.6. The van der Waals surface area contributed by atoms with Crippen molar-refractivity contribution in [2.24, 2.45) is 0 Å². The van der Waals surface area contributed by atoms with E-state index in [1.165, 1.54) is 24.3 Å². The summed E-state index contributed by atoms with van der Waals surface area (Å²) in [5.41, 5.74) is 0.951. The lowest BCUT2D eigenvalue weighted by atomic mass is 10.0. The number of nitriles is 1. The SMILES string of the molecule is C=C/C=C(\C#N)C(NS(=O)(=O)c1ccccc1)c1ccccc1. The fourth-order valence-corrected chi connectivity index (χ4v) is 3.33. The molecule has 0 aliphatic carbocycles. The second-order valence-corrected chi connectivity index (χ2v) is 6.46. The van der Waals surface area contributed by atoms with E-state index in [1.54, 1.807) is 42.5 Å². The number of nitrogens with one attached hydrogen (secondary N) is 1. The Kier molecular flexibility index (Phi) is 5.47. The Morgan fingerprint density at radius 3 is 2.17 bits per heavy atom. The third kappa shape index (κ3) is 4.16. The first-order chi connectivity index (χ1) is 11.1. The monoisotopic (exact) mass is 324 g/mol. The Bertz CT molecular complexity index is 836. The normalized spacial score (nSPS) is 13.1. The highest BCUT2D eigenvalue weighted by Crippen LogP contribution is 2.24. The smallest absolute Gasteiger partial charge is 0.207 e. The molecule has 0 saturated heterocycles. The third-order valence-corrected chi connectivity index (χ3v) is 4.64. The number of sulfonamides is 1. The zero-order valence-electron chi connectivity index (χ0n) is 12.4. The van der Waals surface area contributed by atoms with Crippen molar-refractivity contribution >= 4 is 10.0 Å². The number of benzene rings is 2. The largest absolute Gasteiger partial charge is 0.241 e. The van der Waals surface area contributed by atoms with Gasteiger partial charge in [-0.1, -0.05) is 61.2 Å². The standard InChI is InChI=1S/C18H16N2O2S/c1-2-9-16(14-19)18(15-10-5-3-6-11-15)20-23(21,22)17-12-7-4-8-13-17/h2-13,18,20H,1H2/b16-9+. The van der Waals surface area contributed by atoms with Gasteiger partial charge in [-0.2, -0.15) is 9.98 Å². The van der Waals surface area contributed by atoms with Crippen molar-refractivity contribution in [3.05, 3.63) is 90.5 Å². The van der Waals surface area contributed by atoms with Crippen LogP contribution in [0.5, 0.6) is 0 Å². The van der Waals surface area contributed by atoms with Crippen LogP contribution in [0.4, 0.5) is 0 Å². The van der Waals surface area contributed by atoms with E-state index in [-0.39, 0.29) is 10.5 Å². The van der Waals surface area contributed by atoms with Crippen LogP contribution in [0, 0.1) is 11.3 Å². The predicted octanol–water partition coefficient (Wildman–Crippen LogP) is 3.34. The minimum atomic E-state index is -3.76. The molecule has 4 nitrogen and oxygen atoms in total. The molecule has 0 heterocycles. The summed E-state index contributed by atoms with van der Waals surface area (Å²) in [7, 11) is -3.76. The lowest BCUT2D eigenvalue weighted by molar-refractivity contribution is 0.572. The second kappa shape index (κ2) is 7.54. The van der Waals surface area contributed by atoms with Crippen LogP contribution in [-0.2, 0) is 10.0 Å². The minimum absolute atomic E-state index is 0.150. The molecule has 0 aromatic heterocycles. The first kappa shape index (κ1) is 16.7. The average molecular weight is 324 g/mol. The zero-order chi connectivity index (χ0) is 16.7. The van der Waals surface area contributed by atoms with Gasteiger partial charge < -0.3 is 0 Å². The summed E-state index contributed by atoms with van der Waals surface area (Å²) >= 11 is 0. The van der Waals surface area contributed by atoms with Crippen LogP contribution >= 0.6 is 0 Å². The van der Waals surface area contributed by atoms with Crippen molar-refractivity contribution in [2.45, 2.75) is 10.9 Å². The predicted molar refractivity (Wildman–Crippen MR) is 89.8 cm³/mol. The van der Waals surface area contributed by atoms with E-state index in [1.807, 2.05) is 12.1 Å². The Hall–Kier alpha value is -2.68. The quantitative estimate of drug-likeness (QED) is 0.654. The highest BCUT2D eigenvalue weighted by Gasteiger charge is 2.24. The van der Waals surface area contributed by atoms with Crippen molar-refractivity contribution in [3.8, 4) is 6.07 Å². The van der Waals surface area contributed by atoms with Crippen molar-refractivity contribution in [2.75, 3.05) is 0 Å². The molecule has 0 saturated carbocycles. The summed E-state index contributed by atoms with van der Waals surface area (Å²) < 4.78 is 27.7. The highest BCUT2D eigenvalue weighted by molar-refractivity contribution is 7.89. The number of hydrogen-bond donors (Lipinski definition) is 1. The molecular weight excluding hydrogens is 308 g/mol. The summed E-state index contributed by atoms with van der Waals surface area (Å²) in [5, 5.41) is 9.36. The zero-order valence-corrected chi connectivity index (χ0v) is 13.2. The molecule has 2 aromatic carbocycles. The summed E-state index contributed by atoms with van der Waals surface area (Å²) in [6.07, 6.45) is 2.97. The molecule has 0 amide bonds. The molecule has 2 aromatic rings. The molecule has 0 spiro atoms. The van der Waals surface area contributed by atoms with E-state index in [9.17, 15) is 13.7 Å². The van der Waals surface area contributed by atoms with Crippen LogP contribution in [-0.4, -0.2) is 8.42 Å². The highest BCUT2D eigenvalue weighted by atomic mass is 32.2. The number of rotatable bonds is 6. The van der Waals surface area contributed by atoms with E-state index >= 15 is 0 Å². The number of nitrogens with zero attached hydrogens (tertiary/aromatic N) is 1. The second-order valence-electron chi connectivity index (χ2n) is 4.75.